The summed E-state index contributed by atoms with van der Waals surface area (Å²) in [6, 6.07) is 4.26. The van der Waals surface area contributed by atoms with Gasteiger partial charge in [-0.25, -0.2) is 4.79 Å². The lowest BCUT2D eigenvalue weighted by molar-refractivity contribution is -0.150. The maximum absolute atomic E-state index is 12.5. The Bertz CT molecular complexity index is 744. The molecule has 0 aromatic heterocycles. The molecule has 0 radical (unpaired) electrons. The Morgan fingerprint density at radius 3 is 2.88 bits per heavy atom. The van der Waals surface area contributed by atoms with Crippen molar-refractivity contribution in [1.82, 2.24) is 4.90 Å². The van der Waals surface area contributed by atoms with Crippen LogP contribution in [0, 0.1) is 0 Å². The lowest BCUT2D eigenvalue weighted by Crippen LogP contribution is -2.42. The summed E-state index contributed by atoms with van der Waals surface area (Å²) in [4.78, 5) is 37.5. The van der Waals surface area contributed by atoms with E-state index in [9.17, 15) is 14.4 Å². The highest BCUT2D eigenvalue weighted by Crippen LogP contribution is 2.36. The molecule has 0 saturated carbocycles. The third-order valence-corrected chi connectivity index (χ3v) is 4.42. The van der Waals surface area contributed by atoms with Crippen molar-refractivity contribution in [2.45, 2.75) is 19.9 Å². The zero-order valence-electron chi connectivity index (χ0n) is 13.1. The van der Waals surface area contributed by atoms with E-state index >= 15 is 0 Å². The lowest BCUT2D eigenvalue weighted by atomic mass is 10.2. The van der Waals surface area contributed by atoms with E-state index in [0.717, 1.165) is 16.7 Å². The molecule has 0 aliphatic carbocycles. The molecule has 0 bridgehead atoms. The highest BCUT2D eigenvalue weighted by molar-refractivity contribution is 8.18. The maximum atomic E-state index is 12.5. The van der Waals surface area contributed by atoms with Crippen molar-refractivity contribution >= 4 is 35.0 Å². The van der Waals surface area contributed by atoms with Crippen LogP contribution in [-0.4, -0.2) is 41.5 Å². The molecule has 2 heterocycles. The predicted octanol–water partition coefficient (Wildman–Crippen LogP) is 2.40. The van der Waals surface area contributed by atoms with E-state index in [1.807, 2.05) is 0 Å². The van der Waals surface area contributed by atoms with Gasteiger partial charge in [0.1, 0.15) is 6.04 Å². The number of fused-ring (bicyclic) bond motifs is 1. The summed E-state index contributed by atoms with van der Waals surface area (Å²) in [5.74, 6) is 0.103. The summed E-state index contributed by atoms with van der Waals surface area (Å²) in [7, 11) is 0. The van der Waals surface area contributed by atoms with Crippen molar-refractivity contribution in [2.75, 3.05) is 13.4 Å². The Kier molecular flexibility index (Phi) is 4.48. The molecule has 3 rings (SSSR count). The first-order valence-corrected chi connectivity index (χ1v) is 8.16. The number of rotatable bonds is 4. The van der Waals surface area contributed by atoms with Crippen LogP contribution in [-0.2, 0) is 14.3 Å². The number of esters is 1. The molecule has 7 nitrogen and oxygen atoms in total. The van der Waals surface area contributed by atoms with E-state index in [-0.39, 0.29) is 18.3 Å². The molecule has 0 spiro atoms. The summed E-state index contributed by atoms with van der Waals surface area (Å²) in [6.07, 6.45) is 1.59. The monoisotopic (exact) mass is 349 g/mol. The number of amides is 2. The minimum absolute atomic E-state index is 0.159. The van der Waals surface area contributed by atoms with Crippen molar-refractivity contribution < 1.29 is 28.6 Å². The molecule has 2 aliphatic rings. The molecule has 1 aromatic rings. The molecule has 1 fully saturated rings. The SMILES string of the molecule is CCOC(=O)[C@@H](C)N1C(=O)S/C(=C\c2ccc3c(c2)OCO3)C1=O. The number of carbonyl (C=O) groups is 3. The highest BCUT2D eigenvalue weighted by Gasteiger charge is 2.41. The smallest absolute Gasteiger partial charge is 0.329 e. The molecule has 8 heteroatoms. The predicted molar refractivity (Wildman–Crippen MR) is 86.5 cm³/mol. The number of carbonyl (C=O) groups excluding carboxylic acids is 3. The zero-order chi connectivity index (χ0) is 17.3. The standard InChI is InChI=1S/C16H15NO6S/c1-3-21-15(19)9(2)17-14(18)13(24-16(17)20)7-10-4-5-11-12(6-10)23-8-22-11/h4-7,9H,3,8H2,1-2H3/b13-7-/t9-/m1/s1. The van der Waals surface area contributed by atoms with Crippen LogP contribution in [0.25, 0.3) is 6.08 Å². The fourth-order valence-corrected chi connectivity index (χ4v) is 3.24. The van der Waals surface area contributed by atoms with Crippen molar-refractivity contribution in [3.05, 3.63) is 28.7 Å². The van der Waals surface area contributed by atoms with Crippen LogP contribution >= 0.6 is 11.8 Å². The average molecular weight is 349 g/mol. The molecule has 0 unspecified atom stereocenters. The molecule has 1 aromatic carbocycles. The molecule has 2 amide bonds. The average Bonchev–Trinajstić information content (AvgIpc) is 3.11. The van der Waals surface area contributed by atoms with Crippen molar-refractivity contribution in [3.63, 3.8) is 0 Å². The zero-order valence-corrected chi connectivity index (χ0v) is 13.9. The Morgan fingerprint density at radius 1 is 1.38 bits per heavy atom. The second-order valence-corrected chi connectivity index (χ2v) is 6.09. The summed E-state index contributed by atoms with van der Waals surface area (Å²) >= 11 is 0.792. The molecule has 2 aliphatic heterocycles. The van der Waals surface area contributed by atoms with Gasteiger partial charge in [0, 0.05) is 0 Å². The van der Waals surface area contributed by atoms with Crippen molar-refractivity contribution in [1.29, 1.82) is 0 Å². The van der Waals surface area contributed by atoms with E-state index in [4.69, 9.17) is 14.2 Å². The molecule has 1 atom stereocenters. The first-order valence-electron chi connectivity index (χ1n) is 7.34. The highest BCUT2D eigenvalue weighted by atomic mass is 32.2. The van der Waals surface area contributed by atoms with Gasteiger partial charge in [-0.1, -0.05) is 6.07 Å². The summed E-state index contributed by atoms with van der Waals surface area (Å²) < 4.78 is 15.4. The van der Waals surface area contributed by atoms with Gasteiger partial charge in [-0.2, -0.15) is 0 Å². The van der Waals surface area contributed by atoms with Crippen LogP contribution in [0.4, 0.5) is 4.79 Å². The normalized spacial score (nSPS) is 19.1. The Balaban J connectivity index is 1.82. The second kappa shape index (κ2) is 6.56. The number of benzene rings is 1. The van der Waals surface area contributed by atoms with Crippen LogP contribution in [0.2, 0.25) is 0 Å². The van der Waals surface area contributed by atoms with E-state index in [2.05, 4.69) is 0 Å². The number of nitrogens with zero attached hydrogens (tertiary/aromatic N) is 1. The van der Waals surface area contributed by atoms with E-state index in [0.29, 0.717) is 17.1 Å². The Morgan fingerprint density at radius 2 is 2.12 bits per heavy atom. The molecule has 0 N–H and O–H groups in total. The fraction of sp³-hybridized carbons (Fsp3) is 0.312. The van der Waals surface area contributed by atoms with Gasteiger partial charge in [-0.15, -0.1) is 0 Å². The van der Waals surface area contributed by atoms with Gasteiger partial charge in [0.15, 0.2) is 11.5 Å². The maximum Gasteiger partial charge on any atom is 0.329 e. The summed E-state index contributed by atoms with van der Waals surface area (Å²) in [5, 5.41) is -0.493. The molecule has 1 saturated heterocycles. The third kappa shape index (κ3) is 2.96. The van der Waals surface area contributed by atoms with Gasteiger partial charge >= 0.3 is 5.97 Å². The van der Waals surface area contributed by atoms with Crippen molar-refractivity contribution in [3.8, 4) is 11.5 Å². The van der Waals surface area contributed by atoms with Gasteiger partial charge in [0.2, 0.25) is 6.79 Å². The topological polar surface area (TPSA) is 82.1 Å². The number of imide groups is 1. The minimum Gasteiger partial charge on any atom is -0.464 e. The third-order valence-electron chi connectivity index (χ3n) is 3.53. The van der Waals surface area contributed by atoms with Crippen LogP contribution < -0.4 is 9.47 Å². The van der Waals surface area contributed by atoms with Crippen LogP contribution in [0.5, 0.6) is 11.5 Å². The Labute approximate surface area is 142 Å². The first kappa shape index (κ1) is 16.4. The fourth-order valence-electron chi connectivity index (χ4n) is 2.34. The summed E-state index contributed by atoms with van der Waals surface area (Å²) in [6.45, 7) is 3.48. The molecule has 24 heavy (non-hydrogen) atoms. The second-order valence-electron chi connectivity index (χ2n) is 5.09. The van der Waals surface area contributed by atoms with Gasteiger partial charge in [0.25, 0.3) is 11.1 Å². The number of ether oxygens (including phenoxy) is 3. The van der Waals surface area contributed by atoms with Crippen LogP contribution in [0.15, 0.2) is 23.1 Å². The molecule has 126 valence electrons. The van der Waals surface area contributed by atoms with E-state index in [1.54, 1.807) is 31.2 Å². The number of hydrogen-bond acceptors (Lipinski definition) is 7. The van der Waals surface area contributed by atoms with Gasteiger partial charge in [0.05, 0.1) is 11.5 Å². The summed E-state index contributed by atoms with van der Waals surface area (Å²) in [5.41, 5.74) is 0.702. The molecular formula is C16H15NO6S. The number of hydrogen-bond donors (Lipinski definition) is 0. The van der Waals surface area contributed by atoms with Crippen LogP contribution in [0.3, 0.4) is 0 Å². The van der Waals surface area contributed by atoms with Gasteiger partial charge in [-0.3, -0.25) is 14.5 Å². The molecular weight excluding hydrogens is 334 g/mol. The van der Waals surface area contributed by atoms with Gasteiger partial charge < -0.3 is 14.2 Å². The Hall–Kier alpha value is -2.48. The first-order chi connectivity index (χ1) is 11.5. The van der Waals surface area contributed by atoms with Crippen LogP contribution in [0.1, 0.15) is 19.4 Å². The lowest BCUT2D eigenvalue weighted by Gasteiger charge is -2.19. The van der Waals surface area contributed by atoms with E-state index < -0.39 is 23.2 Å². The largest absolute Gasteiger partial charge is 0.464 e. The van der Waals surface area contributed by atoms with Gasteiger partial charge in [-0.05, 0) is 49.4 Å². The van der Waals surface area contributed by atoms with Crippen molar-refractivity contribution in [2.24, 2.45) is 0 Å². The van der Waals surface area contributed by atoms with E-state index in [1.165, 1.54) is 6.92 Å². The number of thioether (sulfide) groups is 1. The minimum atomic E-state index is -0.958. The quantitative estimate of drug-likeness (QED) is 0.610.